The van der Waals surface area contributed by atoms with Crippen molar-refractivity contribution in [1.82, 2.24) is 9.78 Å². The van der Waals surface area contributed by atoms with E-state index in [4.69, 9.17) is 10.5 Å². The fraction of sp³-hybridized carbons (Fsp3) is 0.214. The monoisotopic (exact) mass is 306 g/mol. The van der Waals surface area contributed by atoms with Crippen molar-refractivity contribution in [2.45, 2.75) is 13.5 Å². The van der Waals surface area contributed by atoms with Crippen LogP contribution >= 0.6 is 0 Å². The molecule has 2 aromatic rings. The molecule has 1 amide bonds. The van der Waals surface area contributed by atoms with Crippen molar-refractivity contribution >= 4 is 23.3 Å². The molecule has 1 aromatic carbocycles. The van der Waals surface area contributed by atoms with E-state index in [1.165, 1.54) is 29.1 Å². The predicted molar refractivity (Wildman–Crippen MR) is 77.6 cm³/mol. The number of hydrogen-bond acceptors (Lipinski definition) is 5. The summed E-state index contributed by atoms with van der Waals surface area (Å²) in [7, 11) is 0. The topological polar surface area (TPSA) is 99.2 Å². The summed E-state index contributed by atoms with van der Waals surface area (Å²) in [5.74, 6) is -1.53. The number of aromatic nitrogens is 2. The molecule has 0 aliphatic heterocycles. The summed E-state index contributed by atoms with van der Waals surface area (Å²) in [6, 6.07) is 5.51. The van der Waals surface area contributed by atoms with E-state index in [0.29, 0.717) is 5.69 Å². The van der Waals surface area contributed by atoms with Crippen molar-refractivity contribution in [3.05, 3.63) is 42.0 Å². The second kappa shape index (κ2) is 6.70. The standard InChI is InChI=1S/C14H15FN4O3/c1-2-22-14(21)13-11(16)7-19(18-13)8-12(20)17-10-5-3-4-9(15)6-10/h3-7H,2,8,16H2,1H3,(H,17,20). The number of nitrogen functional groups attached to an aromatic ring is 1. The number of rotatable bonds is 5. The Balaban J connectivity index is 2.03. The zero-order valence-corrected chi connectivity index (χ0v) is 11.9. The van der Waals surface area contributed by atoms with Gasteiger partial charge in [-0.2, -0.15) is 5.10 Å². The molecular formula is C14H15FN4O3. The van der Waals surface area contributed by atoms with Gasteiger partial charge in [-0.3, -0.25) is 9.48 Å². The molecular weight excluding hydrogens is 291 g/mol. The lowest BCUT2D eigenvalue weighted by Gasteiger charge is -2.05. The molecule has 8 heteroatoms. The van der Waals surface area contributed by atoms with Gasteiger partial charge in [0.1, 0.15) is 12.4 Å². The van der Waals surface area contributed by atoms with Gasteiger partial charge in [0, 0.05) is 11.9 Å². The number of nitrogens with zero attached hydrogens (tertiary/aromatic N) is 2. The Hall–Kier alpha value is -2.90. The van der Waals surface area contributed by atoms with E-state index in [2.05, 4.69) is 10.4 Å². The number of anilines is 2. The van der Waals surface area contributed by atoms with Crippen molar-refractivity contribution in [2.24, 2.45) is 0 Å². The molecule has 1 aromatic heterocycles. The van der Waals surface area contributed by atoms with Crippen LogP contribution in [0.25, 0.3) is 0 Å². The Morgan fingerprint density at radius 3 is 2.91 bits per heavy atom. The third-order valence-electron chi connectivity index (χ3n) is 2.67. The van der Waals surface area contributed by atoms with Crippen LogP contribution in [0.15, 0.2) is 30.5 Å². The maximum absolute atomic E-state index is 13.0. The largest absolute Gasteiger partial charge is 0.461 e. The molecule has 0 spiro atoms. The first-order valence-corrected chi connectivity index (χ1v) is 6.55. The molecule has 7 nitrogen and oxygen atoms in total. The number of nitrogens with two attached hydrogens (primary N) is 1. The lowest BCUT2D eigenvalue weighted by molar-refractivity contribution is -0.116. The molecule has 1 heterocycles. The van der Waals surface area contributed by atoms with Gasteiger partial charge in [0.15, 0.2) is 5.69 Å². The third-order valence-corrected chi connectivity index (χ3v) is 2.67. The number of ether oxygens (including phenoxy) is 1. The predicted octanol–water partition coefficient (Wildman–Crippen LogP) is 1.42. The van der Waals surface area contributed by atoms with E-state index in [1.807, 2.05) is 0 Å². The number of esters is 1. The fourth-order valence-corrected chi connectivity index (χ4v) is 1.79. The summed E-state index contributed by atoms with van der Waals surface area (Å²) >= 11 is 0. The van der Waals surface area contributed by atoms with Gasteiger partial charge >= 0.3 is 5.97 Å². The molecule has 0 unspecified atom stereocenters. The maximum Gasteiger partial charge on any atom is 0.361 e. The molecule has 0 radical (unpaired) electrons. The first kappa shape index (κ1) is 15.5. The smallest absolute Gasteiger partial charge is 0.361 e. The second-order valence-electron chi connectivity index (χ2n) is 4.41. The van der Waals surface area contributed by atoms with Crippen molar-refractivity contribution in [3.8, 4) is 0 Å². The molecule has 0 bridgehead atoms. The highest BCUT2D eigenvalue weighted by atomic mass is 19.1. The average Bonchev–Trinajstić information content (AvgIpc) is 2.79. The molecule has 116 valence electrons. The maximum atomic E-state index is 13.0. The van der Waals surface area contributed by atoms with Gasteiger partial charge < -0.3 is 15.8 Å². The van der Waals surface area contributed by atoms with E-state index in [1.54, 1.807) is 13.0 Å². The van der Waals surface area contributed by atoms with Crippen LogP contribution in [0.3, 0.4) is 0 Å². The van der Waals surface area contributed by atoms with Crippen LogP contribution in [0.4, 0.5) is 15.8 Å². The lowest BCUT2D eigenvalue weighted by atomic mass is 10.3. The summed E-state index contributed by atoms with van der Waals surface area (Å²) in [6.07, 6.45) is 1.36. The summed E-state index contributed by atoms with van der Waals surface area (Å²) < 4.78 is 19.0. The van der Waals surface area contributed by atoms with Gasteiger partial charge in [0.25, 0.3) is 0 Å². The van der Waals surface area contributed by atoms with Gasteiger partial charge in [-0.05, 0) is 25.1 Å². The quantitative estimate of drug-likeness (QED) is 0.814. The number of hydrogen-bond donors (Lipinski definition) is 2. The van der Waals surface area contributed by atoms with E-state index in [-0.39, 0.29) is 24.5 Å². The molecule has 0 saturated carbocycles. The zero-order valence-electron chi connectivity index (χ0n) is 11.9. The normalized spacial score (nSPS) is 10.3. The first-order chi connectivity index (χ1) is 10.5. The number of carbonyl (C=O) groups is 2. The highest BCUT2D eigenvalue weighted by Crippen LogP contribution is 2.12. The Morgan fingerprint density at radius 1 is 1.45 bits per heavy atom. The van der Waals surface area contributed by atoms with Gasteiger partial charge in [-0.1, -0.05) is 6.07 Å². The van der Waals surface area contributed by atoms with E-state index in [0.717, 1.165) is 0 Å². The number of carbonyl (C=O) groups excluding carboxylic acids is 2. The molecule has 2 rings (SSSR count). The van der Waals surface area contributed by atoms with E-state index < -0.39 is 17.7 Å². The molecule has 0 fully saturated rings. The third kappa shape index (κ3) is 3.81. The van der Waals surface area contributed by atoms with Gasteiger partial charge in [0.2, 0.25) is 5.91 Å². The number of amides is 1. The number of halogens is 1. The minimum Gasteiger partial charge on any atom is -0.461 e. The van der Waals surface area contributed by atoms with Crippen LogP contribution in [0.5, 0.6) is 0 Å². The van der Waals surface area contributed by atoms with Crippen LogP contribution in [0.2, 0.25) is 0 Å². The van der Waals surface area contributed by atoms with Crippen LogP contribution in [-0.2, 0) is 16.1 Å². The Bertz CT molecular complexity index is 699. The summed E-state index contributed by atoms with van der Waals surface area (Å²) in [5, 5.41) is 6.43. The van der Waals surface area contributed by atoms with Crippen molar-refractivity contribution in [3.63, 3.8) is 0 Å². The highest BCUT2D eigenvalue weighted by Gasteiger charge is 2.17. The van der Waals surface area contributed by atoms with Crippen LogP contribution in [0, 0.1) is 5.82 Å². The Labute approximate surface area is 125 Å². The molecule has 0 aliphatic rings. The molecule has 3 N–H and O–H groups in total. The Morgan fingerprint density at radius 2 is 2.23 bits per heavy atom. The van der Waals surface area contributed by atoms with Crippen molar-refractivity contribution < 1.29 is 18.7 Å². The summed E-state index contributed by atoms with van der Waals surface area (Å²) in [4.78, 5) is 23.4. The second-order valence-corrected chi connectivity index (χ2v) is 4.41. The van der Waals surface area contributed by atoms with Gasteiger partial charge in [0.05, 0.1) is 12.3 Å². The van der Waals surface area contributed by atoms with Crippen LogP contribution < -0.4 is 11.1 Å². The molecule has 0 saturated heterocycles. The van der Waals surface area contributed by atoms with Crippen molar-refractivity contribution in [2.75, 3.05) is 17.7 Å². The van der Waals surface area contributed by atoms with E-state index in [9.17, 15) is 14.0 Å². The SMILES string of the molecule is CCOC(=O)c1nn(CC(=O)Nc2cccc(F)c2)cc1N. The van der Waals surface area contributed by atoms with Gasteiger partial charge in [-0.25, -0.2) is 9.18 Å². The summed E-state index contributed by atoms with van der Waals surface area (Å²) in [5.41, 5.74) is 6.07. The minimum atomic E-state index is -0.649. The molecule has 0 atom stereocenters. The molecule has 0 aliphatic carbocycles. The number of nitrogens with one attached hydrogen (secondary N) is 1. The van der Waals surface area contributed by atoms with E-state index >= 15 is 0 Å². The minimum absolute atomic E-state index is 0.0413. The van der Waals surface area contributed by atoms with Crippen molar-refractivity contribution in [1.29, 1.82) is 0 Å². The van der Waals surface area contributed by atoms with Gasteiger partial charge in [-0.15, -0.1) is 0 Å². The Kier molecular flexibility index (Phi) is 4.72. The highest BCUT2D eigenvalue weighted by molar-refractivity contribution is 5.93. The fourth-order valence-electron chi connectivity index (χ4n) is 1.79. The average molecular weight is 306 g/mol. The number of benzene rings is 1. The van der Waals surface area contributed by atoms with Crippen LogP contribution in [0.1, 0.15) is 17.4 Å². The lowest BCUT2D eigenvalue weighted by Crippen LogP contribution is -2.19. The zero-order chi connectivity index (χ0) is 16.1. The first-order valence-electron chi connectivity index (χ1n) is 6.55. The molecule has 22 heavy (non-hydrogen) atoms. The van der Waals surface area contributed by atoms with Crippen LogP contribution in [-0.4, -0.2) is 28.3 Å². The summed E-state index contributed by atoms with van der Waals surface area (Å²) in [6.45, 7) is 1.70.